The average molecular weight is 309 g/mol. The van der Waals surface area contributed by atoms with Gasteiger partial charge in [-0.3, -0.25) is 4.79 Å². The van der Waals surface area contributed by atoms with Crippen molar-refractivity contribution in [2.75, 3.05) is 32.1 Å². The van der Waals surface area contributed by atoms with E-state index in [1.807, 2.05) is 0 Å². The van der Waals surface area contributed by atoms with Gasteiger partial charge in [-0.1, -0.05) is 0 Å². The van der Waals surface area contributed by atoms with Crippen molar-refractivity contribution in [3.05, 3.63) is 0 Å². The molecule has 9 heteroatoms. The molecule has 0 saturated carbocycles. The fourth-order valence-electron chi connectivity index (χ4n) is 1.91. The summed E-state index contributed by atoms with van der Waals surface area (Å²) in [6, 6.07) is 0. The van der Waals surface area contributed by atoms with Gasteiger partial charge in [-0.05, 0) is 19.8 Å². The van der Waals surface area contributed by atoms with Crippen LogP contribution in [0.1, 0.15) is 19.8 Å². The minimum absolute atomic E-state index is 0.138. The first kappa shape index (κ1) is 16.9. The molecule has 0 bridgehead atoms. The SMILES string of the molecule is CCOC(=O)CS(=O)(=O)N1CCC(OCC(=O)O)CC1. The predicted molar refractivity (Wildman–Crippen MR) is 68.6 cm³/mol. The summed E-state index contributed by atoms with van der Waals surface area (Å²) < 4.78 is 34.8. The van der Waals surface area contributed by atoms with Gasteiger partial charge in [0.1, 0.15) is 6.61 Å². The highest BCUT2D eigenvalue weighted by Crippen LogP contribution is 2.17. The zero-order valence-corrected chi connectivity index (χ0v) is 12.1. The minimum atomic E-state index is -3.67. The number of carbonyl (C=O) groups excluding carboxylic acids is 1. The number of hydrogen-bond acceptors (Lipinski definition) is 6. The third-order valence-electron chi connectivity index (χ3n) is 2.84. The van der Waals surface area contributed by atoms with Crippen LogP contribution in [-0.4, -0.2) is 67.9 Å². The highest BCUT2D eigenvalue weighted by atomic mass is 32.2. The number of aliphatic carboxylic acids is 1. The summed E-state index contributed by atoms with van der Waals surface area (Å²) >= 11 is 0. The Morgan fingerprint density at radius 1 is 1.30 bits per heavy atom. The number of carboxylic acid groups (broad SMARTS) is 1. The normalized spacial score (nSPS) is 17.9. The van der Waals surface area contributed by atoms with E-state index in [0.717, 1.165) is 0 Å². The smallest absolute Gasteiger partial charge is 0.329 e. The lowest BCUT2D eigenvalue weighted by Gasteiger charge is -2.30. The third-order valence-corrected chi connectivity index (χ3v) is 4.59. The molecule has 1 rings (SSSR count). The molecular formula is C11H19NO7S. The van der Waals surface area contributed by atoms with Crippen LogP contribution < -0.4 is 0 Å². The van der Waals surface area contributed by atoms with E-state index >= 15 is 0 Å². The Hall–Kier alpha value is -1.19. The average Bonchev–Trinajstić information content (AvgIpc) is 2.36. The number of nitrogens with zero attached hydrogens (tertiary/aromatic N) is 1. The van der Waals surface area contributed by atoms with E-state index < -0.39 is 27.7 Å². The van der Waals surface area contributed by atoms with Crippen molar-refractivity contribution in [1.29, 1.82) is 0 Å². The zero-order chi connectivity index (χ0) is 15.2. The number of ether oxygens (including phenoxy) is 2. The summed E-state index contributed by atoms with van der Waals surface area (Å²) in [5.41, 5.74) is 0. The molecule has 1 aliphatic rings. The number of hydrogen-bond donors (Lipinski definition) is 1. The number of carbonyl (C=O) groups is 2. The summed E-state index contributed by atoms with van der Waals surface area (Å²) in [6.07, 6.45) is 0.560. The van der Waals surface area contributed by atoms with Crippen molar-refractivity contribution in [1.82, 2.24) is 4.31 Å². The second kappa shape index (κ2) is 7.55. The van der Waals surface area contributed by atoms with Crippen LogP contribution in [0.2, 0.25) is 0 Å². The van der Waals surface area contributed by atoms with Gasteiger partial charge in [0.15, 0.2) is 5.75 Å². The molecule has 8 nitrogen and oxygen atoms in total. The molecule has 0 radical (unpaired) electrons. The molecule has 0 aliphatic carbocycles. The molecule has 0 aromatic heterocycles. The number of piperidine rings is 1. The van der Waals surface area contributed by atoms with Gasteiger partial charge >= 0.3 is 11.9 Å². The van der Waals surface area contributed by atoms with Crippen LogP contribution in [0.4, 0.5) is 0 Å². The molecule has 116 valence electrons. The molecule has 0 unspecified atom stereocenters. The van der Waals surface area contributed by atoms with Gasteiger partial charge in [0, 0.05) is 13.1 Å². The Bertz CT molecular complexity index is 440. The fraction of sp³-hybridized carbons (Fsp3) is 0.818. The fourth-order valence-corrected chi connectivity index (χ4v) is 3.24. The van der Waals surface area contributed by atoms with Gasteiger partial charge in [0.2, 0.25) is 10.0 Å². The maximum Gasteiger partial charge on any atom is 0.329 e. The molecule has 1 N–H and O–H groups in total. The van der Waals surface area contributed by atoms with Crippen molar-refractivity contribution in [2.45, 2.75) is 25.9 Å². The largest absolute Gasteiger partial charge is 0.480 e. The van der Waals surface area contributed by atoms with Crippen molar-refractivity contribution in [3.63, 3.8) is 0 Å². The van der Waals surface area contributed by atoms with Crippen LogP contribution >= 0.6 is 0 Å². The van der Waals surface area contributed by atoms with E-state index in [2.05, 4.69) is 4.74 Å². The lowest BCUT2D eigenvalue weighted by molar-refractivity contribution is -0.145. The molecule has 1 heterocycles. The quantitative estimate of drug-likeness (QED) is 0.628. The molecule has 1 aliphatic heterocycles. The Morgan fingerprint density at radius 2 is 1.90 bits per heavy atom. The minimum Gasteiger partial charge on any atom is -0.480 e. The molecule has 1 saturated heterocycles. The molecule has 0 aromatic carbocycles. The Morgan fingerprint density at radius 3 is 2.40 bits per heavy atom. The number of carboxylic acids is 1. The van der Waals surface area contributed by atoms with Crippen LogP contribution in [-0.2, 0) is 29.1 Å². The molecule has 0 atom stereocenters. The van der Waals surface area contributed by atoms with Gasteiger partial charge in [-0.15, -0.1) is 0 Å². The van der Waals surface area contributed by atoms with E-state index in [1.165, 1.54) is 4.31 Å². The first-order valence-corrected chi connectivity index (χ1v) is 7.93. The Kier molecular flexibility index (Phi) is 6.37. The van der Waals surface area contributed by atoms with Gasteiger partial charge in [-0.2, -0.15) is 0 Å². The number of rotatable bonds is 7. The summed E-state index contributed by atoms with van der Waals surface area (Å²) in [4.78, 5) is 21.6. The van der Waals surface area contributed by atoms with Crippen LogP contribution in [0.5, 0.6) is 0 Å². The lowest BCUT2D eigenvalue weighted by atomic mass is 10.1. The topological polar surface area (TPSA) is 110 Å². The van der Waals surface area contributed by atoms with Gasteiger partial charge < -0.3 is 14.6 Å². The monoisotopic (exact) mass is 309 g/mol. The second-order valence-electron chi connectivity index (χ2n) is 4.36. The summed E-state index contributed by atoms with van der Waals surface area (Å²) in [6.45, 7) is 1.79. The van der Waals surface area contributed by atoms with E-state index in [-0.39, 0.29) is 32.4 Å². The molecule has 0 spiro atoms. The van der Waals surface area contributed by atoms with Gasteiger partial charge in [-0.25, -0.2) is 17.5 Å². The zero-order valence-electron chi connectivity index (χ0n) is 11.3. The summed E-state index contributed by atoms with van der Waals surface area (Å²) in [7, 11) is -3.67. The standard InChI is InChI=1S/C11H19NO7S/c1-2-18-11(15)8-20(16,17)12-5-3-9(4-6-12)19-7-10(13)14/h9H,2-8H2,1H3,(H,13,14). The molecule has 1 fully saturated rings. The van der Waals surface area contributed by atoms with Crippen molar-refractivity contribution in [2.24, 2.45) is 0 Å². The van der Waals surface area contributed by atoms with Crippen LogP contribution in [0.3, 0.4) is 0 Å². The molecule has 0 aromatic rings. The van der Waals surface area contributed by atoms with Crippen LogP contribution in [0, 0.1) is 0 Å². The number of esters is 1. The third kappa shape index (κ3) is 5.43. The lowest BCUT2D eigenvalue weighted by Crippen LogP contribution is -2.43. The maximum atomic E-state index is 11.9. The molecular weight excluding hydrogens is 290 g/mol. The van der Waals surface area contributed by atoms with Gasteiger partial charge in [0.05, 0.1) is 12.7 Å². The van der Waals surface area contributed by atoms with Crippen molar-refractivity contribution in [3.8, 4) is 0 Å². The Labute approximate surface area is 117 Å². The second-order valence-corrected chi connectivity index (χ2v) is 6.33. The Balaban J connectivity index is 2.43. The predicted octanol–water partition coefficient (Wildman–Crippen LogP) is -0.555. The van der Waals surface area contributed by atoms with Crippen molar-refractivity contribution < 1.29 is 32.6 Å². The first-order valence-electron chi connectivity index (χ1n) is 6.32. The van der Waals surface area contributed by atoms with E-state index in [4.69, 9.17) is 9.84 Å². The highest BCUT2D eigenvalue weighted by molar-refractivity contribution is 7.89. The maximum absolute atomic E-state index is 11.9. The molecule has 20 heavy (non-hydrogen) atoms. The van der Waals surface area contributed by atoms with E-state index in [9.17, 15) is 18.0 Å². The van der Waals surface area contributed by atoms with Crippen molar-refractivity contribution >= 4 is 22.0 Å². The van der Waals surface area contributed by atoms with Crippen LogP contribution in [0.15, 0.2) is 0 Å². The van der Waals surface area contributed by atoms with E-state index in [1.54, 1.807) is 6.92 Å². The van der Waals surface area contributed by atoms with Gasteiger partial charge in [0.25, 0.3) is 0 Å². The van der Waals surface area contributed by atoms with Crippen LogP contribution in [0.25, 0.3) is 0 Å². The highest BCUT2D eigenvalue weighted by Gasteiger charge is 2.30. The number of sulfonamides is 1. The summed E-state index contributed by atoms with van der Waals surface area (Å²) in [5.74, 6) is -2.49. The first-order chi connectivity index (χ1) is 9.35. The summed E-state index contributed by atoms with van der Waals surface area (Å²) in [5, 5.41) is 8.49. The molecule has 0 amide bonds. The van der Waals surface area contributed by atoms with E-state index in [0.29, 0.717) is 12.8 Å².